The number of phenolic OH excluding ortho intramolecular Hbond substituents is 2. The summed E-state index contributed by atoms with van der Waals surface area (Å²) in [4.78, 5) is 0. The zero-order valence-electron chi connectivity index (χ0n) is 11.1. The van der Waals surface area contributed by atoms with Gasteiger partial charge in [0.15, 0.2) is 6.79 Å². The maximum Gasteiger partial charge on any atom is 0.188 e. The summed E-state index contributed by atoms with van der Waals surface area (Å²) < 4.78 is 10.1. The van der Waals surface area contributed by atoms with Gasteiger partial charge in [-0.25, -0.2) is 0 Å². The normalized spacial score (nSPS) is 10.8. The van der Waals surface area contributed by atoms with E-state index in [-0.39, 0.29) is 18.3 Å². The van der Waals surface area contributed by atoms with E-state index in [0.29, 0.717) is 0 Å². The number of aromatic hydroxyl groups is 2. The summed E-state index contributed by atoms with van der Waals surface area (Å²) in [7, 11) is 1.57. The number of methoxy groups -OCH3 is 1. The van der Waals surface area contributed by atoms with Crippen molar-refractivity contribution in [3.63, 3.8) is 0 Å². The molecule has 0 heterocycles. The summed E-state index contributed by atoms with van der Waals surface area (Å²) in [6, 6.07) is 11.9. The van der Waals surface area contributed by atoms with Crippen LogP contribution in [0.2, 0.25) is 0 Å². The highest BCUT2D eigenvalue weighted by molar-refractivity contribution is 5.71. The van der Waals surface area contributed by atoms with Crippen LogP contribution in [0.25, 0.3) is 12.2 Å². The Morgan fingerprint density at radius 2 is 1.50 bits per heavy atom. The minimum atomic E-state index is 0.0352. The SMILES string of the molecule is COCOc1ccc(/C=C/c2cc(O)cc(O)c2)cc1. The highest BCUT2D eigenvalue weighted by Crippen LogP contribution is 2.22. The van der Waals surface area contributed by atoms with Gasteiger partial charge in [-0.15, -0.1) is 0 Å². The Kier molecular flexibility index (Phi) is 4.63. The Bertz CT molecular complexity index is 568. The first-order valence-corrected chi connectivity index (χ1v) is 6.10. The molecular weight excluding hydrogens is 256 g/mol. The maximum atomic E-state index is 9.39. The predicted molar refractivity (Wildman–Crippen MR) is 77.6 cm³/mol. The Morgan fingerprint density at radius 1 is 0.900 bits per heavy atom. The highest BCUT2D eigenvalue weighted by Gasteiger charge is 1.96. The van der Waals surface area contributed by atoms with Crippen LogP contribution in [0.3, 0.4) is 0 Å². The molecule has 0 fully saturated rings. The van der Waals surface area contributed by atoms with E-state index < -0.39 is 0 Å². The molecule has 0 aliphatic carbocycles. The molecule has 2 rings (SSSR count). The molecule has 4 heteroatoms. The predicted octanol–water partition coefficient (Wildman–Crippen LogP) is 3.25. The number of hydrogen-bond donors (Lipinski definition) is 2. The molecule has 104 valence electrons. The Hall–Kier alpha value is -2.46. The van der Waals surface area contributed by atoms with Gasteiger partial charge in [0.05, 0.1) is 0 Å². The maximum absolute atomic E-state index is 9.39. The van der Waals surface area contributed by atoms with E-state index in [0.717, 1.165) is 16.9 Å². The summed E-state index contributed by atoms with van der Waals surface area (Å²) >= 11 is 0. The van der Waals surface area contributed by atoms with Crippen LogP contribution >= 0.6 is 0 Å². The van der Waals surface area contributed by atoms with Crippen LogP contribution in [0.1, 0.15) is 11.1 Å². The quantitative estimate of drug-likeness (QED) is 0.648. The summed E-state index contributed by atoms with van der Waals surface area (Å²) in [5.41, 5.74) is 1.71. The number of rotatable bonds is 5. The van der Waals surface area contributed by atoms with E-state index in [1.54, 1.807) is 19.2 Å². The molecule has 0 spiro atoms. The third-order valence-corrected chi connectivity index (χ3v) is 2.62. The van der Waals surface area contributed by atoms with Gasteiger partial charge in [0.25, 0.3) is 0 Å². The molecule has 0 aromatic heterocycles. The summed E-state index contributed by atoms with van der Waals surface area (Å²) in [5.74, 6) is 0.805. The van der Waals surface area contributed by atoms with Crippen molar-refractivity contribution in [1.82, 2.24) is 0 Å². The summed E-state index contributed by atoms with van der Waals surface area (Å²) in [6.07, 6.45) is 3.69. The van der Waals surface area contributed by atoms with Crippen molar-refractivity contribution in [2.45, 2.75) is 0 Å². The van der Waals surface area contributed by atoms with Gasteiger partial charge in [-0.1, -0.05) is 24.3 Å². The average Bonchev–Trinajstić information content (AvgIpc) is 2.43. The Labute approximate surface area is 117 Å². The topological polar surface area (TPSA) is 58.9 Å². The first-order valence-electron chi connectivity index (χ1n) is 6.10. The van der Waals surface area contributed by atoms with Crippen molar-refractivity contribution in [2.24, 2.45) is 0 Å². The number of hydrogen-bond acceptors (Lipinski definition) is 4. The highest BCUT2D eigenvalue weighted by atomic mass is 16.7. The fourth-order valence-corrected chi connectivity index (χ4v) is 1.71. The van der Waals surface area contributed by atoms with Gasteiger partial charge in [0.2, 0.25) is 0 Å². The molecule has 2 N–H and O–H groups in total. The Morgan fingerprint density at radius 3 is 2.10 bits per heavy atom. The van der Waals surface area contributed by atoms with Crippen LogP contribution in [0.4, 0.5) is 0 Å². The molecule has 2 aromatic rings. The first kappa shape index (κ1) is 14.0. The van der Waals surface area contributed by atoms with Gasteiger partial charge < -0.3 is 19.7 Å². The van der Waals surface area contributed by atoms with Crippen LogP contribution in [0, 0.1) is 0 Å². The third kappa shape index (κ3) is 4.03. The van der Waals surface area contributed by atoms with E-state index in [1.165, 1.54) is 6.07 Å². The summed E-state index contributed by atoms with van der Waals surface area (Å²) in [5, 5.41) is 18.8. The van der Waals surface area contributed by atoms with Crippen molar-refractivity contribution in [3.05, 3.63) is 53.6 Å². The van der Waals surface area contributed by atoms with Crippen LogP contribution in [-0.4, -0.2) is 24.1 Å². The Balaban J connectivity index is 2.07. The fourth-order valence-electron chi connectivity index (χ4n) is 1.71. The van der Waals surface area contributed by atoms with Crippen LogP contribution in [0.15, 0.2) is 42.5 Å². The molecule has 0 unspecified atom stereocenters. The molecule has 20 heavy (non-hydrogen) atoms. The first-order chi connectivity index (χ1) is 9.67. The number of benzene rings is 2. The molecule has 0 aliphatic heterocycles. The van der Waals surface area contributed by atoms with Crippen molar-refractivity contribution in [1.29, 1.82) is 0 Å². The number of ether oxygens (including phenoxy) is 2. The van der Waals surface area contributed by atoms with Crippen molar-refractivity contribution >= 4 is 12.2 Å². The average molecular weight is 272 g/mol. The molecular formula is C16H16O4. The second kappa shape index (κ2) is 6.63. The summed E-state index contributed by atoms with van der Waals surface area (Å²) in [6.45, 7) is 0.220. The molecule has 0 aliphatic rings. The second-order valence-electron chi connectivity index (χ2n) is 4.24. The van der Waals surface area contributed by atoms with E-state index in [2.05, 4.69) is 0 Å². The van der Waals surface area contributed by atoms with E-state index in [9.17, 15) is 10.2 Å². The lowest BCUT2D eigenvalue weighted by molar-refractivity contribution is 0.0511. The molecule has 0 atom stereocenters. The van der Waals surface area contributed by atoms with Gasteiger partial charge >= 0.3 is 0 Å². The monoisotopic (exact) mass is 272 g/mol. The van der Waals surface area contributed by atoms with E-state index in [1.807, 2.05) is 36.4 Å². The molecule has 0 saturated heterocycles. The largest absolute Gasteiger partial charge is 0.508 e. The zero-order valence-corrected chi connectivity index (χ0v) is 11.1. The number of phenols is 2. The van der Waals surface area contributed by atoms with Gasteiger partial charge in [-0.2, -0.15) is 0 Å². The van der Waals surface area contributed by atoms with Crippen LogP contribution in [-0.2, 0) is 4.74 Å². The van der Waals surface area contributed by atoms with Crippen molar-refractivity contribution < 1.29 is 19.7 Å². The molecule has 2 aromatic carbocycles. The molecule has 4 nitrogen and oxygen atoms in total. The smallest absolute Gasteiger partial charge is 0.188 e. The van der Waals surface area contributed by atoms with Gasteiger partial charge in [-0.3, -0.25) is 0 Å². The van der Waals surface area contributed by atoms with Gasteiger partial charge in [0.1, 0.15) is 17.2 Å². The lowest BCUT2D eigenvalue weighted by Gasteiger charge is -2.04. The van der Waals surface area contributed by atoms with E-state index >= 15 is 0 Å². The lowest BCUT2D eigenvalue weighted by Crippen LogP contribution is -1.98. The zero-order chi connectivity index (χ0) is 14.4. The van der Waals surface area contributed by atoms with E-state index in [4.69, 9.17) is 9.47 Å². The van der Waals surface area contributed by atoms with Gasteiger partial charge in [0, 0.05) is 13.2 Å². The van der Waals surface area contributed by atoms with Crippen molar-refractivity contribution in [2.75, 3.05) is 13.9 Å². The standard InChI is InChI=1S/C16H16O4/c1-19-11-20-16-6-4-12(5-7-16)2-3-13-8-14(17)10-15(18)9-13/h2-10,17-18H,11H2,1H3/b3-2+. The molecule has 0 radical (unpaired) electrons. The van der Waals surface area contributed by atoms with Crippen LogP contribution in [0.5, 0.6) is 17.2 Å². The minimum Gasteiger partial charge on any atom is -0.508 e. The lowest BCUT2D eigenvalue weighted by atomic mass is 10.1. The minimum absolute atomic E-state index is 0.0352. The second-order valence-corrected chi connectivity index (χ2v) is 4.24. The van der Waals surface area contributed by atoms with Crippen LogP contribution < -0.4 is 4.74 Å². The third-order valence-electron chi connectivity index (χ3n) is 2.62. The van der Waals surface area contributed by atoms with Gasteiger partial charge in [-0.05, 0) is 35.4 Å². The fraction of sp³-hybridized carbons (Fsp3) is 0.125. The molecule has 0 amide bonds. The molecule has 0 bridgehead atoms. The van der Waals surface area contributed by atoms with Crippen molar-refractivity contribution in [3.8, 4) is 17.2 Å². The molecule has 0 saturated carbocycles.